The maximum atomic E-state index is 11.9. The van der Waals surface area contributed by atoms with Gasteiger partial charge in [-0.15, -0.1) is 0 Å². The van der Waals surface area contributed by atoms with Crippen LogP contribution in [-0.4, -0.2) is 37.4 Å². The number of hydrogen-bond donors (Lipinski definition) is 1. The van der Waals surface area contributed by atoms with Crippen molar-refractivity contribution >= 4 is 50.5 Å². The first-order valence-electron chi connectivity index (χ1n) is 7.62. The molecule has 0 bridgehead atoms. The minimum absolute atomic E-state index is 0.121. The van der Waals surface area contributed by atoms with Crippen molar-refractivity contribution in [1.82, 2.24) is 0 Å². The van der Waals surface area contributed by atoms with Gasteiger partial charge >= 0.3 is 12.1 Å². The Hall–Kier alpha value is -2.18. The van der Waals surface area contributed by atoms with Crippen LogP contribution in [0.15, 0.2) is 48.5 Å². The molecule has 0 heterocycles. The van der Waals surface area contributed by atoms with Crippen LogP contribution in [-0.2, 0) is 26.2 Å². The fraction of sp³-hybridized carbons (Fsp3) is 0.176. The molecule has 2 aromatic carbocycles. The summed E-state index contributed by atoms with van der Waals surface area (Å²) in [5.74, 6) is -1.56. The molecule has 27 heavy (non-hydrogen) atoms. The van der Waals surface area contributed by atoms with Gasteiger partial charge in [0.2, 0.25) is 0 Å². The minimum Gasteiger partial charge on any atom is -0.748 e. The van der Waals surface area contributed by atoms with Crippen molar-refractivity contribution in [3.63, 3.8) is 0 Å². The number of ether oxygens (including phenoxy) is 2. The molecule has 1 N–H and O–H groups in total. The Bertz CT molecular complexity index is 916. The molecule has 0 saturated heterocycles. The minimum atomic E-state index is -4.45. The zero-order valence-electron chi connectivity index (χ0n) is 13.9. The van der Waals surface area contributed by atoms with Crippen LogP contribution < -0.4 is 5.32 Å². The van der Waals surface area contributed by atoms with E-state index in [0.717, 1.165) is 5.56 Å². The molecule has 0 fully saturated rings. The van der Waals surface area contributed by atoms with E-state index >= 15 is 0 Å². The van der Waals surface area contributed by atoms with E-state index in [9.17, 15) is 22.6 Å². The molecule has 0 aliphatic carbocycles. The highest BCUT2D eigenvalue weighted by molar-refractivity contribution is 14.1. The summed E-state index contributed by atoms with van der Waals surface area (Å²) < 4.78 is 41.9. The van der Waals surface area contributed by atoms with Crippen molar-refractivity contribution in [1.29, 1.82) is 0 Å². The van der Waals surface area contributed by atoms with Gasteiger partial charge in [-0.1, -0.05) is 30.3 Å². The van der Waals surface area contributed by atoms with Crippen molar-refractivity contribution in [3.8, 4) is 0 Å². The lowest BCUT2D eigenvalue weighted by Gasteiger charge is -2.11. The molecule has 0 aromatic heterocycles. The number of rotatable bonds is 7. The lowest BCUT2D eigenvalue weighted by atomic mass is 10.2. The summed E-state index contributed by atoms with van der Waals surface area (Å²) in [6.45, 7) is -0.399. The van der Waals surface area contributed by atoms with E-state index in [1.807, 2.05) is 52.9 Å². The lowest BCUT2D eigenvalue weighted by molar-refractivity contribution is 0.0528. The Kier molecular flexibility index (Phi) is 7.56. The predicted octanol–water partition coefficient (Wildman–Crippen LogP) is 2.74. The van der Waals surface area contributed by atoms with Crippen molar-refractivity contribution in [2.75, 3.05) is 17.7 Å². The van der Waals surface area contributed by atoms with Crippen molar-refractivity contribution in [2.24, 2.45) is 0 Å². The first kappa shape index (κ1) is 21.1. The van der Waals surface area contributed by atoms with E-state index in [1.54, 1.807) is 0 Å². The summed E-state index contributed by atoms with van der Waals surface area (Å²) in [4.78, 5) is 23.7. The Balaban J connectivity index is 1.89. The molecule has 1 amide bonds. The van der Waals surface area contributed by atoms with Gasteiger partial charge in [0, 0.05) is 3.57 Å². The standard InChI is InChI=1S/C17H16INO7S/c18-14-10-13(16(20)25-8-9-27(22,23)24)6-7-15(14)19-17(21)26-11-12-4-2-1-3-5-12/h1-7,10H,8-9,11H2,(H,19,21)(H,22,23,24)/p-1. The number of esters is 1. The number of amides is 1. The molecular formula is C17H15INO7S-. The normalized spacial score (nSPS) is 10.9. The highest BCUT2D eigenvalue weighted by atomic mass is 127. The largest absolute Gasteiger partial charge is 0.748 e. The molecule has 0 atom stereocenters. The molecule has 2 rings (SSSR count). The fourth-order valence-electron chi connectivity index (χ4n) is 1.93. The Morgan fingerprint density at radius 3 is 2.41 bits per heavy atom. The van der Waals surface area contributed by atoms with Gasteiger partial charge in [0.15, 0.2) is 0 Å². The van der Waals surface area contributed by atoms with Gasteiger partial charge < -0.3 is 14.0 Å². The van der Waals surface area contributed by atoms with Crippen LogP contribution >= 0.6 is 22.6 Å². The fourth-order valence-corrected chi connectivity index (χ4v) is 2.87. The first-order valence-corrected chi connectivity index (χ1v) is 10.3. The molecule has 0 aliphatic rings. The topological polar surface area (TPSA) is 122 Å². The van der Waals surface area contributed by atoms with Crippen molar-refractivity contribution < 1.29 is 32.0 Å². The van der Waals surface area contributed by atoms with E-state index in [2.05, 4.69) is 5.32 Å². The van der Waals surface area contributed by atoms with Crippen LogP contribution in [0.3, 0.4) is 0 Å². The van der Waals surface area contributed by atoms with Gasteiger partial charge in [-0.2, -0.15) is 0 Å². The summed E-state index contributed by atoms with van der Waals surface area (Å²) in [5.41, 5.74) is 1.44. The summed E-state index contributed by atoms with van der Waals surface area (Å²) in [5, 5.41) is 2.57. The van der Waals surface area contributed by atoms with Gasteiger partial charge in [-0.25, -0.2) is 18.0 Å². The maximum absolute atomic E-state index is 11.9. The summed E-state index contributed by atoms with van der Waals surface area (Å²) >= 11 is 1.92. The van der Waals surface area contributed by atoms with Gasteiger partial charge in [0.25, 0.3) is 0 Å². The zero-order valence-corrected chi connectivity index (χ0v) is 16.9. The third-order valence-corrected chi connectivity index (χ3v) is 4.78. The number of benzene rings is 2. The maximum Gasteiger partial charge on any atom is 0.411 e. The van der Waals surface area contributed by atoms with Crippen molar-refractivity contribution in [3.05, 3.63) is 63.2 Å². The second-order valence-electron chi connectivity index (χ2n) is 5.28. The highest BCUT2D eigenvalue weighted by Crippen LogP contribution is 2.20. The highest BCUT2D eigenvalue weighted by Gasteiger charge is 2.12. The van der Waals surface area contributed by atoms with Gasteiger partial charge in [0.05, 0.1) is 27.1 Å². The van der Waals surface area contributed by atoms with E-state index in [4.69, 9.17) is 9.47 Å². The quantitative estimate of drug-likeness (QED) is 0.350. The third-order valence-electron chi connectivity index (χ3n) is 3.22. The monoisotopic (exact) mass is 504 g/mol. The second kappa shape index (κ2) is 9.67. The van der Waals surface area contributed by atoms with E-state index in [-0.39, 0.29) is 12.2 Å². The summed E-state index contributed by atoms with van der Waals surface area (Å²) in [7, 11) is -4.45. The Morgan fingerprint density at radius 2 is 1.78 bits per heavy atom. The summed E-state index contributed by atoms with van der Waals surface area (Å²) in [6.07, 6.45) is -0.646. The first-order chi connectivity index (χ1) is 12.7. The molecule has 0 spiro atoms. The van der Waals surface area contributed by atoms with Crippen LogP contribution in [0.5, 0.6) is 0 Å². The molecule has 0 saturated carbocycles. The van der Waals surface area contributed by atoms with E-state index < -0.39 is 34.5 Å². The zero-order chi connectivity index (χ0) is 19.9. The van der Waals surface area contributed by atoms with Crippen LogP contribution in [0.2, 0.25) is 0 Å². The molecule has 0 aliphatic heterocycles. The lowest BCUT2D eigenvalue weighted by Crippen LogP contribution is -2.16. The Labute approximate surface area is 169 Å². The number of nitrogens with one attached hydrogen (secondary N) is 1. The SMILES string of the molecule is O=C(Nc1ccc(C(=O)OCCS(=O)(=O)[O-])cc1I)OCc1ccccc1. The van der Waals surface area contributed by atoms with E-state index in [0.29, 0.717) is 9.26 Å². The van der Waals surface area contributed by atoms with Gasteiger partial charge in [0.1, 0.15) is 13.2 Å². The molecular weight excluding hydrogens is 489 g/mol. The van der Waals surface area contributed by atoms with Crippen LogP contribution in [0.25, 0.3) is 0 Å². The molecule has 2 aromatic rings. The smallest absolute Gasteiger partial charge is 0.411 e. The van der Waals surface area contributed by atoms with Crippen LogP contribution in [0.4, 0.5) is 10.5 Å². The number of carbonyl (C=O) groups excluding carboxylic acids is 2. The van der Waals surface area contributed by atoms with Gasteiger partial charge in [-0.3, -0.25) is 5.32 Å². The molecule has 144 valence electrons. The summed E-state index contributed by atoms with van der Waals surface area (Å²) in [6, 6.07) is 13.5. The molecule has 0 radical (unpaired) electrons. The average molecular weight is 504 g/mol. The van der Waals surface area contributed by atoms with Crippen molar-refractivity contribution in [2.45, 2.75) is 6.61 Å². The molecule has 0 unspecified atom stereocenters. The predicted molar refractivity (Wildman–Crippen MR) is 104 cm³/mol. The van der Waals surface area contributed by atoms with Crippen LogP contribution in [0.1, 0.15) is 15.9 Å². The molecule has 8 nitrogen and oxygen atoms in total. The molecule has 10 heteroatoms. The van der Waals surface area contributed by atoms with Crippen LogP contribution in [0, 0.1) is 3.57 Å². The second-order valence-corrected chi connectivity index (χ2v) is 7.96. The van der Waals surface area contributed by atoms with E-state index in [1.165, 1.54) is 18.2 Å². The number of halogens is 1. The number of hydrogen-bond acceptors (Lipinski definition) is 7. The number of carbonyl (C=O) groups is 2. The van der Waals surface area contributed by atoms with Gasteiger partial charge in [-0.05, 0) is 46.4 Å². The average Bonchev–Trinajstić information content (AvgIpc) is 2.61. The Morgan fingerprint density at radius 1 is 1.07 bits per heavy atom. The third kappa shape index (κ3) is 7.53. The number of anilines is 1.